The van der Waals surface area contributed by atoms with Crippen molar-refractivity contribution in [2.75, 3.05) is 0 Å². The van der Waals surface area contributed by atoms with E-state index >= 15 is 0 Å². The second-order valence-electron chi connectivity index (χ2n) is 0.894. The Bertz CT molecular complexity index is 129. The molecule has 0 amide bonds. The summed E-state index contributed by atoms with van der Waals surface area (Å²) in [4.78, 5) is 51.3. The van der Waals surface area contributed by atoms with E-state index in [1.54, 1.807) is 0 Å². The summed E-state index contributed by atoms with van der Waals surface area (Å²) in [6.45, 7) is 0. The smallest absolute Gasteiger partial charge is 0.822 e. The van der Waals surface area contributed by atoms with Crippen molar-refractivity contribution < 1.29 is 75.8 Å². The van der Waals surface area contributed by atoms with E-state index in [0.717, 1.165) is 0 Å². The third kappa shape index (κ3) is 363. The van der Waals surface area contributed by atoms with Crippen LogP contribution in [0.4, 0.5) is 0 Å². The standard InChI is InChI=1S/Al.Er.2H3O4P/c;;2*1-5(2,3)4/h;;2*(H3,1,2,3,4)/q2*+3;;/p-6. The van der Waals surface area contributed by atoms with Gasteiger partial charge in [-0.3, -0.25) is 0 Å². The molecule has 0 bridgehead atoms. The van der Waals surface area contributed by atoms with Crippen molar-refractivity contribution in [3.05, 3.63) is 0 Å². The van der Waals surface area contributed by atoms with E-state index in [0.29, 0.717) is 0 Å². The van der Waals surface area contributed by atoms with Gasteiger partial charge in [-0.15, -0.1) is 0 Å². The van der Waals surface area contributed by atoms with Crippen LogP contribution < -0.4 is 29.4 Å². The summed E-state index contributed by atoms with van der Waals surface area (Å²) >= 11 is 0. The van der Waals surface area contributed by atoms with Crippen LogP contribution in [0.5, 0.6) is 0 Å². The van der Waals surface area contributed by atoms with E-state index in [1.807, 2.05) is 0 Å². The topological polar surface area (TPSA) is 172 Å². The van der Waals surface area contributed by atoms with E-state index < -0.39 is 15.6 Å². The summed E-state index contributed by atoms with van der Waals surface area (Å²) in [5, 5.41) is 0. The summed E-state index contributed by atoms with van der Waals surface area (Å²) in [6, 6.07) is 0. The fraction of sp³-hybridized carbons (Fsp3) is 0. The molecule has 0 saturated heterocycles. The van der Waals surface area contributed by atoms with Gasteiger partial charge in [0.25, 0.3) is 0 Å². The first-order chi connectivity index (χ1) is 4.00. The minimum atomic E-state index is -5.39. The van der Waals surface area contributed by atoms with Crippen molar-refractivity contribution in [3.8, 4) is 0 Å². The summed E-state index contributed by atoms with van der Waals surface area (Å²) in [5.41, 5.74) is 0. The van der Waals surface area contributed by atoms with Gasteiger partial charge < -0.3 is 38.5 Å². The zero-order chi connectivity index (χ0) is 9.00. The Morgan fingerprint density at radius 3 is 0.667 bits per heavy atom. The van der Waals surface area contributed by atoms with Crippen molar-refractivity contribution >= 4 is 33.0 Å². The van der Waals surface area contributed by atoms with E-state index in [2.05, 4.69) is 0 Å². The fourth-order valence-electron chi connectivity index (χ4n) is 0. The average molecular weight is 384 g/mol. The minimum absolute atomic E-state index is 0. The minimum Gasteiger partial charge on any atom is -0.822 e. The van der Waals surface area contributed by atoms with Gasteiger partial charge in [-0.2, -0.15) is 15.6 Å². The third-order valence-corrected chi connectivity index (χ3v) is 0. The van der Waals surface area contributed by atoms with Gasteiger partial charge in [0, 0.05) is 0 Å². The van der Waals surface area contributed by atoms with Crippen LogP contribution in [0.2, 0.25) is 0 Å². The molecule has 0 aromatic heterocycles. The van der Waals surface area contributed by atoms with Gasteiger partial charge in [-0.1, -0.05) is 0 Å². The van der Waals surface area contributed by atoms with E-state index in [4.69, 9.17) is 38.5 Å². The molecule has 0 unspecified atom stereocenters. The Morgan fingerprint density at radius 2 is 0.667 bits per heavy atom. The monoisotopic (exact) mass is 383 g/mol. The SMILES string of the molecule is O=P([O-])([O-])[O-].O=P([O-])([O-])[O-].[Al+3].[Er+3]. The Morgan fingerprint density at radius 1 is 0.667 bits per heavy atom. The second kappa shape index (κ2) is 9.55. The maximum Gasteiger partial charge on any atom is 3.00 e. The number of rotatable bonds is 0. The Labute approximate surface area is 108 Å². The normalized spacial score (nSPS) is 9.83. The summed E-state index contributed by atoms with van der Waals surface area (Å²) in [6.07, 6.45) is 0. The Hall–Kier alpha value is 2.00. The van der Waals surface area contributed by atoms with Crippen LogP contribution in [0.3, 0.4) is 0 Å². The van der Waals surface area contributed by atoms with Crippen molar-refractivity contribution in [2.45, 2.75) is 0 Å². The summed E-state index contributed by atoms with van der Waals surface area (Å²) < 4.78 is 17.1. The van der Waals surface area contributed by atoms with Crippen LogP contribution in [0.25, 0.3) is 0 Å². The Balaban J connectivity index is -0.0000000457. The number of hydrogen-bond acceptors (Lipinski definition) is 8. The molecule has 0 spiro atoms. The summed E-state index contributed by atoms with van der Waals surface area (Å²) in [5.74, 6) is 0. The largest absolute Gasteiger partial charge is 3.00 e. The molecule has 0 aliphatic heterocycles. The van der Waals surface area contributed by atoms with Crippen molar-refractivity contribution in [3.63, 3.8) is 0 Å². The maximum atomic E-state index is 8.55. The van der Waals surface area contributed by atoms with Crippen molar-refractivity contribution in [1.82, 2.24) is 0 Å². The molecule has 0 rings (SSSR count). The zero-order valence-electron chi connectivity index (χ0n) is 5.03. The van der Waals surface area contributed by atoms with Crippen molar-refractivity contribution in [2.24, 2.45) is 0 Å². The molecular weight excluding hydrogens is 384 g/mol. The fourth-order valence-corrected chi connectivity index (χ4v) is 0. The molecule has 0 fully saturated rings. The first-order valence-electron chi connectivity index (χ1n) is 1.46. The number of phosphoric acid groups is 2. The van der Waals surface area contributed by atoms with Crippen LogP contribution in [-0.2, 0) is 9.13 Å². The third-order valence-electron chi connectivity index (χ3n) is 0. The van der Waals surface area contributed by atoms with Crippen LogP contribution in [-0.4, -0.2) is 17.4 Å². The van der Waals surface area contributed by atoms with Crippen LogP contribution in [0.1, 0.15) is 0 Å². The molecule has 0 aromatic carbocycles. The average Bonchev–Trinajstić information content (AvgIpc) is 1.12. The van der Waals surface area contributed by atoms with Gasteiger partial charge in [0.1, 0.15) is 0 Å². The number of hydrogen-bond donors (Lipinski definition) is 0. The molecule has 1 radical (unpaired) electrons. The molecule has 0 saturated carbocycles. The molecule has 0 aromatic rings. The van der Waals surface area contributed by atoms with Gasteiger partial charge >= 0.3 is 54.7 Å². The van der Waals surface area contributed by atoms with Gasteiger partial charge in [-0.05, 0) is 0 Å². The molecular formula is AlErO8P2. The van der Waals surface area contributed by atoms with Gasteiger partial charge in [0.2, 0.25) is 0 Å². The molecule has 8 nitrogen and oxygen atoms in total. The maximum absolute atomic E-state index is 8.55. The molecule has 73 valence electrons. The van der Waals surface area contributed by atoms with Crippen LogP contribution in [0.15, 0.2) is 0 Å². The predicted molar refractivity (Wildman–Crippen MR) is 21.0 cm³/mol. The molecule has 0 N–H and O–H groups in total. The van der Waals surface area contributed by atoms with Crippen LogP contribution in [0, 0.1) is 37.3 Å². The molecule has 0 aliphatic carbocycles. The predicted octanol–water partition coefficient (Wildman–Crippen LogP) is -6.03. The Kier molecular flexibility index (Phi) is 18.8. The first-order valence-corrected chi connectivity index (χ1v) is 4.38. The van der Waals surface area contributed by atoms with Gasteiger partial charge in [-0.25, -0.2) is 0 Å². The second-order valence-corrected chi connectivity index (χ2v) is 2.68. The van der Waals surface area contributed by atoms with Crippen molar-refractivity contribution in [1.29, 1.82) is 0 Å². The van der Waals surface area contributed by atoms with Crippen LogP contribution >= 0.6 is 15.6 Å². The quantitative estimate of drug-likeness (QED) is 0.293. The van der Waals surface area contributed by atoms with E-state index in [1.165, 1.54) is 0 Å². The molecule has 0 heterocycles. The molecule has 12 heavy (non-hydrogen) atoms. The zero-order valence-corrected chi connectivity index (χ0v) is 9.82. The molecule has 12 heteroatoms. The van der Waals surface area contributed by atoms with E-state index in [9.17, 15) is 0 Å². The van der Waals surface area contributed by atoms with Gasteiger partial charge in [0.15, 0.2) is 0 Å². The van der Waals surface area contributed by atoms with E-state index in [-0.39, 0.29) is 54.7 Å². The first kappa shape index (κ1) is 23.7. The molecule has 0 atom stereocenters. The summed E-state index contributed by atoms with van der Waals surface area (Å²) in [7, 11) is -10.8. The van der Waals surface area contributed by atoms with Gasteiger partial charge in [0.05, 0.1) is 0 Å². The molecule has 0 aliphatic rings.